The number of rotatable bonds is 8. The van der Waals surface area contributed by atoms with Crippen molar-refractivity contribution in [3.8, 4) is 0 Å². The van der Waals surface area contributed by atoms with Gasteiger partial charge in [-0.05, 0) is 69.9 Å². The van der Waals surface area contributed by atoms with Crippen LogP contribution in [0, 0.1) is 16.7 Å². The summed E-state index contributed by atoms with van der Waals surface area (Å²) in [6.07, 6.45) is -10.1. The second-order valence-electron chi connectivity index (χ2n) is 17.9. The van der Waals surface area contributed by atoms with Crippen LogP contribution in [0.4, 0.5) is 4.79 Å². The Morgan fingerprint density at radius 2 is 1.57 bits per heavy atom. The Morgan fingerprint density at radius 1 is 0.948 bits per heavy atom. The van der Waals surface area contributed by atoms with Gasteiger partial charge < -0.3 is 49.4 Å². The molecule has 58 heavy (non-hydrogen) atoms. The van der Waals surface area contributed by atoms with E-state index in [0.717, 1.165) is 6.92 Å². The van der Waals surface area contributed by atoms with Crippen LogP contribution in [0.1, 0.15) is 89.7 Å². The van der Waals surface area contributed by atoms with Gasteiger partial charge in [-0.15, -0.1) is 0 Å². The number of nitrogens with one attached hydrogen (secondary N) is 1. The Bertz CT molecular complexity index is 2050. The van der Waals surface area contributed by atoms with E-state index in [1.165, 1.54) is 26.0 Å². The molecule has 312 valence electrons. The summed E-state index contributed by atoms with van der Waals surface area (Å²) in [7, 11) is 0. The van der Waals surface area contributed by atoms with E-state index in [4.69, 9.17) is 23.7 Å². The minimum Gasteiger partial charge on any atom is -0.455 e. The van der Waals surface area contributed by atoms with Crippen molar-refractivity contribution in [2.75, 3.05) is 6.61 Å². The predicted octanol–water partition coefficient (Wildman–Crippen LogP) is 3.01. The zero-order valence-electron chi connectivity index (χ0n) is 33.5. The number of amides is 1. The molecule has 12 atom stereocenters. The molecule has 0 spiro atoms. The summed E-state index contributed by atoms with van der Waals surface area (Å²) in [4.78, 5) is 69.2. The van der Waals surface area contributed by atoms with E-state index >= 15 is 0 Å². The fourth-order valence-corrected chi connectivity index (χ4v) is 10.7. The lowest BCUT2D eigenvalue weighted by molar-refractivity contribution is -0.338. The van der Waals surface area contributed by atoms with E-state index in [2.05, 4.69) is 5.32 Å². The molecule has 7 rings (SSSR count). The second-order valence-corrected chi connectivity index (χ2v) is 17.9. The van der Waals surface area contributed by atoms with Crippen LogP contribution in [0.5, 0.6) is 0 Å². The number of hydrogen-bond acceptors (Lipinski definition) is 14. The summed E-state index contributed by atoms with van der Waals surface area (Å²) >= 11 is 0. The first-order chi connectivity index (χ1) is 27.0. The molecule has 3 saturated carbocycles. The van der Waals surface area contributed by atoms with E-state index < -0.39 is 112 Å². The number of benzene rings is 2. The lowest BCUT2D eigenvalue weighted by Crippen LogP contribution is -2.79. The number of hydrogen-bond donors (Lipinski definition) is 5. The average Bonchev–Trinajstić information content (AvgIpc) is 3.36. The van der Waals surface area contributed by atoms with Crippen LogP contribution in [0.3, 0.4) is 0 Å². The lowest BCUT2D eigenvalue weighted by Gasteiger charge is -2.64. The summed E-state index contributed by atoms with van der Waals surface area (Å²) < 4.78 is 29.8. The number of aliphatic hydroxyl groups is 4. The van der Waals surface area contributed by atoms with Crippen LogP contribution in [0.2, 0.25) is 0 Å². The van der Waals surface area contributed by atoms with Gasteiger partial charge in [0.05, 0.1) is 35.6 Å². The van der Waals surface area contributed by atoms with Crippen LogP contribution < -0.4 is 5.32 Å². The standard InChI is InChI=1S/C43H51NO14/c1-22-28-30(47)33(49)40(7)26(46)18-27-42(21-54-27,56-23(2)45)32(40)34(55-35(50)25-16-12-9-13-17-25)41(53)19-39(28,6)43(22,20-41)57-36(51)31(48)29(24-14-10-8-11-15-24)44-37(52)58-38(3,4)5/h8-17,26-27,29-32,34,46-48,53H,18-21H2,1-7H3,(H,44,52)/t26-,27+,29-,30+,31+,32?,34-,39?,40+,41+,42-,43+/m0/s1. The van der Waals surface area contributed by atoms with Gasteiger partial charge in [0.1, 0.15) is 35.1 Å². The van der Waals surface area contributed by atoms with Gasteiger partial charge in [0.2, 0.25) is 0 Å². The molecule has 1 saturated heterocycles. The zero-order chi connectivity index (χ0) is 42.4. The summed E-state index contributed by atoms with van der Waals surface area (Å²) in [5.41, 5.74) is -9.39. The van der Waals surface area contributed by atoms with Crippen LogP contribution in [0.25, 0.3) is 0 Å². The van der Waals surface area contributed by atoms with Crippen molar-refractivity contribution < 1.29 is 68.1 Å². The minimum absolute atomic E-state index is 0.0919. The predicted molar refractivity (Wildman–Crippen MR) is 201 cm³/mol. The van der Waals surface area contributed by atoms with Gasteiger partial charge in [0, 0.05) is 25.2 Å². The van der Waals surface area contributed by atoms with Crippen molar-refractivity contribution in [1.82, 2.24) is 5.32 Å². The Hall–Kier alpha value is -4.67. The van der Waals surface area contributed by atoms with E-state index in [-0.39, 0.29) is 36.2 Å². The van der Waals surface area contributed by atoms with Crippen LogP contribution in [-0.4, -0.2) is 110 Å². The smallest absolute Gasteiger partial charge is 0.408 e. The number of esters is 3. The third-order valence-electron chi connectivity index (χ3n) is 13.2. The fourth-order valence-electron chi connectivity index (χ4n) is 10.7. The maximum absolute atomic E-state index is 15.0. The fraction of sp³-hybridized carbons (Fsp3) is 0.558. The van der Waals surface area contributed by atoms with Crippen molar-refractivity contribution in [2.24, 2.45) is 16.7 Å². The van der Waals surface area contributed by atoms with E-state index in [1.807, 2.05) is 0 Å². The molecule has 2 bridgehead atoms. The molecule has 1 heterocycles. The Morgan fingerprint density at radius 3 is 2.14 bits per heavy atom. The molecule has 1 aliphatic heterocycles. The highest BCUT2D eigenvalue weighted by molar-refractivity contribution is 5.95. The number of Topliss-reactive ketones (excluding diaryl/α,β-unsaturated/α-hetero) is 1. The zero-order valence-corrected chi connectivity index (χ0v) is 33.5. The maximum Gasteiger partial charge on any atom is 0.408 e. The summed E-state index contributed by atoms with van der Waals surface area (Å²) in [5.74, 6) is -5.26. The first kappa shape index (κ1) is 41.5. The van der Waals surface area contributed by atoms with Gasteiger partial charge in [-0.2, -0.15) is 0 Å². The van der Waals surface area contributed by atoms with E-state index in [0.29, 0.717) is 5.56 Å². The number of carbonyl (C=O) groups is 5. The van der Waals surface area contributed by atoms with Crippen LogP contribution in [0.15, 0.2) is 71.8 Å². The third-order valence-corrected chi connectivity index (χ3v) is 13.2. The quantitative estimate of drug-likeness (QED) is 0.147. The van der Waals surface area contributed by atoms with Crippen LogP contribution >= 0.6 is 0 Å². The molecule has 2 aromatic carbocycles. The molecule has 2 unspecified atom stereocenters. The van der Waals surface area contributed by atoms with Gasteiger partial charge >= 0.3 is 24.0 Å². The van der Waals surface area contributed by atoms with E-state index in [1.54, 1.807) is 76.2 Å². The molecule has 5 N–H and O–H groups in total. The van der Waals surface area contributed by atoms with Gasteiger partial charge in [-0.1, -0.05) is 55.5 Å². The number of fused-ring (bicyclic) bond motifs is 4. The molecule has 0 radical (unpaired) electrons. The molecule has 4 fully saturated rings. The number of aliphatic hydroxyl groups excluding tert-OH is 3. The minimum atomic E-state index is -2.21. The Labute approximate surface area is 335 Å². The highest BCUT2D eigenvalue weighted by Crippen LogP contribution is 2.72. The molecule has 15 nitrogen and oxygen atoms in total. The first-order valence-electron chi connectivity index (χ1n) is 19.4. The number of ether oxygens (including phenoxy) is 5. The van der Waals surface area contributed by atoms with Gasteiger partial charge in [-0.25, -0.2) is 14.4 Å². The summed E-state index contributed by atoms with van der Waals surface area (Å²) in [6, 6.07) is 14.7. The average molecular weight is 806 g/mol. The second kappa shape index (κ2) is 14.0. The third kappa shape index (κ3) is 6.16. The SMILES string of the molecule is CC(=O)O[C@@]12CO[C@@H]1C[C@H](O)[C@@]1(C)C(=O)[C@H](O)C3=C(C)[C@]4(OC(=O)[C@H](O)[C@@H](NC(=O)OC(C)(C)C)c5ccccc5)C[C@](O)(CC34C)[C@@H](OC(=O)c3ccccc3)C12. The summed E-state index contributed by atoms with van der Waals surface area (Å²) in [6.45, 7) is 10.4. The molecular formula is C43H51NO14. The number of alkyl carbamates (subject to hydrolysis) is 1. The molecule has 1 amide bonds. The molecule has 2 aromatic rings. The number of carbonyl (C=O) groups excluding carboxylic acids is 5. The molecular weight excluding hydrogens is 754 g/mol. The number of ketones is 1. The normalized spacial score (nSPS) is 37.2. The van der Waals surface area contributed by atoms with Crippen molar-refractivity contribution in [3.63, 3.8) is 0 Å². The van der Waals surface area contributed by atoms with Gasteiger partial charge in [-0.3, -0.25) is 9.59 Å². The molecule has 4 aliphatic carbocycles. The molecule has 15 heteroatoms. The van der Waals surface area contributed by atoms with Crippen molar-refractivity contribution in [3.05, 3.63) is 82.9 Å². The monoisotopic (exact) mass is 805 g/mol. The van der Waals surface area contributed by atoms with Crippen molar-refractivity contribution >= 4 is 29.8 Å². The summed E-state index contributed by atoms with van der Waals surface area (Å²) in [5, 5.41) is 51.5. The van der Waals surface area contributed by atoms with Gasteiger partial charge in [0.15, 0.2) is 17.5 Å². The maximum atomic E-state index is 15.0. The van der Waals surface area contributed by atoms with E-state index in [9.17, 15) is 44.4 Å². The first-order valence-corrected chi connectivity index (χ1v) is 19.4. The molecule has 0 aromatic heterocycles. The van der Waals surface area contributed by atoms with Crippen LogP contribution in [-0.2, 0) is 38.1 Å². The topological polar surface area (TPSA) is 224 Å². The largest absolute Gasteiger partial charge is 0.455 e. The highest BCUT2D eigenvalue weighted by Gasteiger charge is 2.82. The van der Waals surface area contributed by atoms with Crippen molar-refractivity contribution in [1.29, 1.82) is 0 Å². The van der Waals surface area contributed by atoms with Gasteiger partial charge in [0.25, 0.3) is 0 Å². The van der Waals surface area contributed by atoms with Crippen molar-refractivity contribution in [2.45, 2.75) is 127 Å². The highest BCUT2D eigenvalue weighted by atomic mass is 16.6. The lowest BCUT2D eigenvalue weighted by atomic mass is 9.49. The Kier molecular flexibility index (Phi) is 10.00. The molecule has 5 aliphatic rings. The Balaban J connectivity index is 1.35.